The Balaban J connectivity index is 1.68. The zero-order chi connectivity index (χ0) is 19.4. The molecule has 1 aliphatic rings. The van der Waals surface area contributed by atoms with Crippen LogP contribution in [-0.2, 0) is 16.1 Å². The van der Waals surface area contributed by atoms with E-state index in [0.29, 0.717) is 30.6 Å². The zero-order valence-corrected chi connectivity index (χ0v) is 16.9. The van der Waals surface area contributed by atoms with Crippen molar-refractivity contribution in [2.45, 2.75) is 39.2 Å². The van der Waals surface area contributed by atoms with E-state index < -0.39 is 5.97 Å². The van der Waals surface area contributed by atoms with Gasteiger partial charge in [0.2, 0.25) is 5.91 Å². The highest BCUT2D eigenvalue weighted by atomic mass is 32.1. The molecule has 1 aliphatic carbocycles. The third-order valence-corrected chi connectivity index (χ3v) is 5.73. The van der Waals surface area contributed by atoms with Crippen LogP contribution in [0.3, 0.4) is 0 Å². The number of rotatable bonds is 8. The first kappa shape index (κ1) is 19.5. The molecule has 0 aliphatic heterocycles. The van der Waals surface area contributed by atoms with Gasteiger partial charge in [0.15, 0.2) is 5.69 Å². The van der Waals surface area contributed by atoms with Gasteiger partial charge >= 0.3 is 5.97 Å². The third kappa shape index (κ3) is 4.95. The Morgan fingerprint density at radius 1 is 1.30 bits per heavy atom. The first-order chi connectivity index (χ1) is 13.0. The summed E-state index contributed by atoms with van der Waals surface area (Å²) >= 11 is 1.40. The lowest BCUT2D eigenvalue weighted by molar-refractivity contribution is -0.133. The van der Waals surface area contributed by atoms with Gasteiger partial charge in [-0.15, -0.1) is 11.3 Å². The van der Waals surface area contributed by atoms with Gasteiger partial charge in [-0.05, 0) is 30.2 Å². The number of nitrogens with zero attached hydrogens (tertiary/aromatic N) is 2. The molecule has 144 valence electrons. The summed E-state index contributed by atoms with van der Waals surface area (Å²) in [5.74, 6) is 0.649. The van der Waals surface area contributed by atoms with Crippen molar-refractivity contribution in [2.24, 2.45) is 11.8 Å². The van der Waals surface area contributed by atoms with Crippen LogP contribution < -0.4 is 0 Å². The Kier molecular flexibility index (Phi) is 6.26. The number of benzene rings is 1. The molecule has 1 fully saturated rings. The van der Waals surface area contributed by atoms with E-state index in [1.54, 1.807) is 5.38 Å². The maximum atomic E-state index is 13.1. The summed E-state index contributed by atoms with van der Waals surface area (Å²) in [5, 5.41) is 2.46. The van der Waals surface area contributed by atoms with E-state index in [9.17, 15) is 9.59 Å². The van der Waals surface area contributed by atoms with Crippen molar-refractivity contribution in [3.63, 3.8) is 0 Å². The van der Waals surface area contributed by atoms with E-state index in [-0.39, 0.29) is 11.8 Å². The summed E-state index contributed by atoms with van der Waals surface area (Å²) < 4.78 is 4.72. The summed E-state index contributed by atoms with van der Waals surface area (Å²) in [5.41, 5.74) is 1.55. The Morgan fingerprint density at radius 3 is 2.70 bits per heavy atom. The van der Waals surface area contributed by atoms with Crippen LogP contribution >= 0.6 is 11.3 Å². The Hall–Kier alpha value is -2.21. The molecule has 1 heterocycles. The standard InChI is InChI=1S/C21H26N2O3S/c1-14(2)9-10-23(12-19-22-18(13-27-19)21(25)26-3)20(24)17-11-16(17)15-7-5-4-6-8-15/h4-8,13-14,16-17H,9-12H2,1-3H3. The SMILES string of the molecule is COC(=O)c1csc(CN(CCC(C)C)C(=O)C2CC2c2ccccc2)n1. The predicted molar refractivity (Wildman–Crippen MR) is 106 cm³/mol. The molecule has 27 heavy (non-hydrogen) atoms. The number of hydrogen-bond acceptors (Lipinski definition) is 5. The van der Waals surface area contributed by atoms with Crippen molar-refractivity contribution >= 4 is 23.2 Å². The lowest BCUT2D eigenvalue weighted by Crippen LogP contribution is -2.33. The number of carbonyl (C=O) groups is 2. The minimum absolute atomic E-state index is 0.0552. The van der Waals surface area contributed by atoms with E-state index in [2.05, 4.69) is 31.0 Å². The summed E-state index contributed by atoms with van der Waals surface area (Å²) in [7, 11) is 1.34. The molecule has 2 atom stereocenters. The normalized spacial score (nSPS) is 18.4. The molecule has 3 rings (SSSR count). The number of amides is 1. The van der Waals surface area contributed by atoms with E-state index in [1.807, 2.05) is 23.1 Å². The number of carbonyl (C=O) groups excluding carboxylic acids is 2. The Morgan fingerprint density at radius 2 is 2.04 bits per heavy atom. The molecule has 0 N–H and O–H groups in total. The topological polar surface area (TPSA) is 59.5 Å². The molecule has 0 bridgehead atoms. The van der Waals surface area contributed by atoms with Crippen LogP contribution in [0.25, 0.3) is 0 Å². The van der Waals surface area contributed by atoms with Crippen molar-refractivity contribution in [1.29, 1.82) is 0 Å². The number of ether oxygens (including phenoxy) is 1. The fourth-order valence-corrected chi connectivity index (χ4v) is 3.98. The lowest BCUT2D eigenvalue weighted by Gasteiger charge is -2.23. The summed E-state index contributed by atoms with van der Waals surface area (Å²) in [6.45, 7) is 5.48. The van der Waals surface area contributed by atoms with Crippen LogP contribution in [-0.4, -0.2) is 35.4 Å². The van der Waals surface area contributed by atoms with Gasteiger partial charge in [0, 0.05) is 17.8 Å². The van der Waals surface area contributed by atoms with Crippen molar-refractivity contribution < 1.29 is 14.3 Å². The second-order valence-electron chi connectivity index (χ2n) is 7.42. The minimum atomic E-state index is -0.441. The van der Waals surface area contributed by atoms with Gasteiger partial charge in [0.1, 0.15) is 5.01 Å². The van der Waals surface area contributed by atoms with Crippen LogP contribution in [0.5, 0.6) is 0 Å². The molecule has 1 aromatic carbocycles. The number of esters is 1. The van der Waals surface area contributed by atoms with Crippen molar-refractivity contribution in [1.82, 2.24) is 9.88 Å². The maximum absolute atomic E-state index is 13.1. The van der Waals surface area contributed by atoms with Crippen molar-refractivity contribution in [3.8, 4) is 0 Å². The van der Waals surface area contributed by atoms with Gasteiger partial charge < -0.3 is 9.64 Å². The van der Waals surface area contributed by atoms with Gasteiger partial charge in [-0.25, -0.2) is 9.78 Å². The second-order valence-corrected chi connectivity index (χ2v) is 8.36. The van der Waals surface area contributed by atoms with E-state index in [1.165, 1.54) is 24.0 Å². The van der Waals surface area contributed by atoms with Gasteiger partial charge in [-0.2, -0.15) is 0 Å². The zero-order valence-electron chi connectivity index (χ0n) is 16.1. The quantitative estimate of drug-likeness (QED) is 0.641. The summed E-state index contributed by atoms with van der Waals surface area (Å²) in [6, 6.07) is 10.2. The average molecular weight is 387 g/mol. The van der Waals surface area contributed by atoms with Gasteiger partial charge in [0.25, 0.3) is 0 Å². The fourth-order valence-electron chi connectivity index (χ4n) is 3.20. The van der Waals surface area contributed by atoms with Gasteiger partial charge in [-0.3, -0.25) is 4.79 Å². The van der Waals surface area contributed by atoms with Gasteiger partial charge in [-0.1, -0.05) is 44.2 Å². The highest BCUT2D eigenvalue weighted by molar-refractivity contribution is 7.09. The van der Waals surface area contributed by atoms with Crippen LogP contribution in [0.4, 0.5) is 0 Å². The molecule has 1 saturated carbocycles. The molecule has 5 nitrogen and oxygen atoms in total. The molecular weight excluding hydrogens is 360 g/mol. The monoisotopic (exact) mass is 386 g/mol. The number of thiazole rings is 1. The second kappa shape index (κ2) is 8.65. The molecule has 2 aromatic rings. The Labute approximate surface area is 164 Å². The third-order valence-electron chi connectivity index (χ3n) is 4.90. The van der Waals surface area contributed by atoms with E-state index in [0.717, 1.165) is 17.8 Å². The molecular formula is C21H26N2O3S. The smallest absolute Gasteiger partial charge is 0.357 e. The molecule has 0 saturated heterocycles. The molecule has 1 aromatic heterocycles. The maximum Gasteiger partial charge on any atom is 0.357 e. The Bertz CT molecular complexity index is 788. The van der Waals surface area contributed by atoms with E-state index >= 15 is 0 Å². The largest absolute Gasteiger partial charge is 0.464 e. The highest BCUT2D eigenvalue weighted by Crippen LogP contribution is 2.48. The van der Waals surface area contributed by atoms with Crippen LogP contribution in [0, 0.1) is 11.8 Å². The summed E-state index contributed by atoms with van der Waals surface area (Å²) in [4.78, 5) is 31.0. The van der Waals surface area contributed by atoms with Crippen molar-refractivity contribution in [3.05, 3.63) is 52.0 Å². The predicted octanol–water partition coefficient (Wildman–Crippen LogP) is 4.11. The minimum Gasteiger partial charge on any atom is -0.464 e. The summed E-state index contributed by atoms with van der Waals surface area (Å²) in [6.07, 6.45) is 1.86. The molecule has 6 heteroatoms. The number of hydrogen-bond donors (Lipinski definition) is 0. The van der Waals surface area contributed by atoms with Gasteiger partial charge in [0.05, 0.1) is 13.7 Å². The van der Waals surface area contributed by atoms with Crippen molar-refractivity contribution in [2.75, 3.05) is 13.7 Å². The van der Waals surface area contributed by atoms with Crippen LogP contribution in [0.15, 0.2) is 35.7 Å². The lowest BCUT2D eigenvalue weighted by atomic mass is 10.1. The van der Waals surface area contributed by atoms with Crippen LogP contribution in [0.2, 0.25) is 0 Å². The first-order valence-corrected chi connectivity index (χ1v) is 10.2. The van der Waals surface area contributed by atoms with Crippen LogP contribution in [0.1, 0.15) is 53.7 Å². The number of aromatic nitrogens is 1. The fraction of sp³-hybridized carbons (Fsp3) is 0.476. The number of methoxy groups -OCH3 is 1. The van der Waals surface area contributed by atoms with E-state index in [4.69, 9.17) is 4.74 Å². The first-order valence-electron chi connectivity index (χ1n) is 9.36. The molecule has 0 spiro atoms. The molecule has 2 unspecified atom stereocenters. The average Bonchev–Trinajstić information content (AvgIpc) is 3.35. The molecule has 1 amide bonds. The highest BCUT2D eigenvalue weighted by Gasteiger charge is 2.45. The molecule has 0 radical (unpaired) electrons.